The number of halogens is 1. The van der Waals surface area contributed by atoms with Gasteiger partial charge in [0.15, 0.2) is 0 Å². The van der Waals surface area contributed by atoms with Crippen LogP contribution in [0.25, 0.3) is 5.69 Å². The van der Waals surface area contributed by atoms with Gasteiger partial charge in [-0.2, -0.15) is 9.78 Å². The van der Waals surface area contributed by atoms with Crippen LogP contribution in [0.3, 0.4) is 0 Å². The Hall–Kier alpha value is -3.97. The number of hydrogen-bond acceptors (Lipinski definition) is 4. The highest BCUT2D eigenvalue weighted by Crippen LogP contribution is 2.14. The molecule has 1 aromatic heterocycles. The summed E-state index contributed by atoms with van der Waals surface area (Å²) in [6.07, 6.45) is 0. The fraction of sp³-hybridized carbons (Fsp3) is 0.154. The van der Waals surface area contributed by atoms with Gasteiger partial charge in [-0.15, -0.1) is 0 Å². The predicted molar refractivity (Wildman–Crippen MR) is 132 cm³/mol. The highest BCUT2D eigenvalue weighted by atomic mass is 35.5. The number of hydrogen-bond donors (Lipinski definition) is 1. The summed E-state index contributed by atoms with van der Waals surface area (Å²) in [6, 6.07) is 23.0. The first-order valence-electron chi connectivity index (χ1n) is 10.7. The number of rotatable bonds is 6. The number of aryl methyl sites for hydroxylation is 1. The van der Waals surface area contributed by atoms with Crippen LogP contribution in [0.4, 0.5) is 0 Å². The van der Waals surface area contributed by atoms with E-state index in [1.165, 1.54) is 0 Å². The van der Waals surface area contributed by atoms with Crippen LogP contribution in [-0.2, 0) is 6.54 Å². The van der Waals surface area contributed by atoms with Crippen molar-refractivity contribution in [3.8, 4) is 5.69 Å². The zero-order valence-electron chi connectivity index (χ0n) is 18.7. The van der Waals surface area contributed by atoms with Gasteiger partial charge >= 0.3 is 5.69 Å². The Bertz CT molecular complexity index is 1440. The number of carbonyl (C=O) groups is 1. The minimum Gasteiger partial charge on any atom is -0.344 e. The van der Waals surface area contributed by atoms with Crippen molar-refractivity contribution in [1.29, 1.82) is 0 Å². The van der Waals surface area contributed by atoms with E-state index in [4.69, 9.17) is 11.6 Å². The molecule has 1 amide bonds. The van der Waals surface area contributed by atoms with E-state index in [9.17, 15) is 14.4 Å². The van der Waals surface area contributed by atoms with Crippen molar-refractivity contribution in [3.63, 3.8) is 0 Å². The molecule has 3 aromatic carbocycles. The lowest BCUT2D eigenvalue weighted by Crippen LogP contribution is -2.46. The van der Waals surface area contributed by atoms with Gasteiger partial charge in [-0.25, -0.2) is 4.79 Å². The molecule has 0 aliphatic rings. The molecule has 0 aliphatic carbocycles. The number of amides is 1. The van der Waals surface area contributed by atoms with E-state index in [0.29, 0.717) is 10.7 Å². The lowest BCUT2D eigenvalue weighted by molar-refractivity contribution is 0.0930. The Morgan fingerprint density at radius 3 is 2.38 bits per heavy atom. The van der Waals surface area contributed by atoms with Gasteiger partial charge in [0, 0.05) is 5.02 Å². The van der Waals surface area contributed by atoms with Gasteiger partial charge in [0.25, 0.3) is 11.5 Å². The molecule has 1 atom stereocenters. The summed E-state index contributed by atoms with van der Waals surface area (Å²) in [6.45, 7) is 3.76. The maximum Gasteiger partial charge on any atom is 0.352 e. The number of benzene rings is 3. The fourth-order valence-electron chi connectivity index (χ4n) is 3.54. The van der Waals surface area contributed by atoms with Crippen LogP contribution < -0.4 is 16.6 Å². The molecule has 0 aliphatic heterocycles. The predicted octanol–water partition coefficient (Wildman–Crippen LogP) is 3.90. The Morgan fingerprint density at radius 2 is 1.71 bits per heavy atom. The van der Waals surface area contributed by atoms with Crippen molar-refractivity contribution >= 4 is 17.5 Å². The molecule has 0 saturated carbocycles. The maximum atomic E-state index is 13.3. The highest BCUT2D eigenvalue weighted by molar-refractivity contribution is 6.30. The molecule has 8 heteroatoms. The van der Waals surface area contributed by atoms with Crippen LogP contribution in [0.5, 0.6) is 0 Å². The normalized spacial score (nSPS) is 11.7. The topological polar surface area (TPSA) is 86.0 Å². The molecule has 0 unspecified atom stereocenters. The second-order valence-electron chi connectivity index (χ2n) is 8.01. The molecule has 4 rings (SSSR count). The average molecular weight is 475 g/mol. The van der Waals surface area contributed by atoms with Gasteiger partial charge in [-0.1, -0.05) is 77.8 Å². The molecule has 0 fully saturated rings. The molecular formula is C26H23ClN4O3. The molecule has 4 aromatic rings. The summed E-state index contributed by atoms with van der Waals surface area (Å²) in [5.41, 5.74) is 1.21. The van der Waals surface area contributed by atoms with Gasteiger partial charge in [-0.3, -0.25) is 14.2 Å². The van der Waals surface area contributed by atoms with Crippen molar-refractivity contribution < 1.29 is 4.79 Å². The van der Waals surface area contributed by atoms with E-state index < -0.39 is 17.2 Å². The van der Waals surface area contributed by atoms with Crippen LogP contribution >= 0.6 is 11.6 Å². The monoisotopic (exact) mass is 474 g/mol. The Kier molecular flexibility index (Phi) is 6.75. The molecule has 0 saturated heterocycles. The largest absolute Gasteiger partial charge is 0.352 e. The summed E-state index contributed by atoms with van der Waals surface area (Å²) in [4.78, 5) is 39.7. The lowest BCUT2D eigenvalue weighted by atomic mass is 10.1. The molecule has 172 valence electrons. The Balaban J connectivity index is 1.81. The summed E-state index contributed by atoms with van der Waals surface area (Å²) >= 11 is 6.11. The van der Waals surface area contributed by atoms with E-state index in [1.807, 2.05) is 68.4 Å². The second-order valence-corrected chi connectivity index (χ2v) is 8.44. The first-order valence-corrected chi connectivity index (χ1v) is 11.1. The lowest BCUT2D eigenvalue weighted by Gasteiger charge is -2.16. The van der Waals surface area contributed by atoms with E-state index >= 15 is 0 Å². The molecule has 0 spiro atoms. The molecule has 0 bridgehead atoms. The van der Waals surface area contributed by atoms with E-state index in [2.05, 4.69) is 10.4 Å². The summed E-state index contributed by atoms with van der Waals surface area (Å²) < 4.78 is 2.05. The first kappa shape index (κ1) is 23.2. The van der Waals surface area contributed by atoms with Gasteiger partial charge in [0.05, 0.1) is 18.3 Å². The molecule has 1 N–H and O–H groups in total. The van der Waals surface area contributed by atoms with Crippen LogP contribution in [0.15, 0.2) is 88.5 Å². The van der Waals surface area contributed by atoms with Crippen molar-refractivity contribution in [1.82, 2.24) is 19.7 Å². The minimum atomic E-state index is -0.762. The molecule has 0 radical (unpaired) electrons. The van der Waals surface area contributed by atoms with E-state index in [-0.39, 0.29) is 18.3 Å². The smallest absolute Gasteiger partial charge is 0.344 e. The third-order valence-corrected chi connectivity index (χ3v) is 5.67. The second kappa shape index (κ2) is 9.89. The van der Waals surface area contributed by atoms with E-state index in [0.717, 1.165) is 25.9 Å². The zero-order chi connectivity index (χ0) is 24.2. The van der Waals surface area contributed by atoms with Crippen LogP contribution in [-0.4, -0.2) is 20.3 Å². The zero-order valence-corrected chi connectivity index (χ0v) is 19.5. The van der Waals surface area contributed by atoms with Crippen LogP contribution in [0.1, 0.15) is 40.1 Å². The molecule has 1 heterocycles. The Morgan fingerprint density at radius 1 is 1.00 bits per heavy atom. The van der Waals surface area contributed by atoms with Crippen molar-refractivity contribution in [2.45, 2.75) is 26.4 Å². The van der Waals surface area contributed by atoms with Gasteiger partial charge < -0.3 is 5.32 Å². The summed E-state index contributed by atoms with van der Waals surface area (Å²) in [5, 5.41) is 7.35. The quantitative estimate of drug-likeness (QED) is 0.459. The average Bonchev–Trinajstić information content (AvgIpc) is 2.83. The van der Waals surface area contributed by atoms with Gasteiger partial charge in [0.1, 0.15) is 0 Å². The summed E-state index contributed by atoms with van der Waals surface area (Å²) in [5.74, 6) is -0.671. The third-order valence-electron chi connectivity index (χ3n) is 5.44. The number of aromatic nitrogens is 3. The number of nitrogens with zero attached hydrogens (tertiary/aromatic N) is 3. The maximum absolute atomic E-state index is 13.3. The van der Waals surface area contributed by atoms with Crippen LogP contribution in [0, 0.1) is 6.92 Å². The van der Waals surface area contributed by atoms with Gasteiger partial charge in [-0.05, 0) is 43.2 Å². The van der Waals surface area contributed by atoms with Gasteiger partial charge in [0.2, 0.25) is 5.69 Å². The van der Waals surface area contributed by atoms with Crippen molar-refractivity contribution in [2.24, 2.45) is 0 Å². The van der Waals surface area contributed by atoms with Crippen LogP contribution in [0.2, 0.25) is 5.02 Å². The Labute approximate surface area is 201 Å². The van der Waals surface area contributed by atoms with E-state index in [1.54, 1.807) is 24.3 Å². The molecule has 34 heavy (non-hydrogen) atoms. The van der Waals surface area contributed by atoms with Crippen molar-refractivity contribution in [3.05, 3.63) is 127 Å². The number of carbonyl (C=O) groups excluding carboxylic acids is 1. The van der Waals surface area contributed by atoms with Crippen molar-refractivity contribution in [2.75, 3.05) is 0 Å². The SMILES string of the molecule is Cc1ccc(Cn2c(=O)c(C(=O)N[C@H](C)c3ccccc3)nn(-c3cccc(Cl)c3)c2=O)cc1. The molecular weight excluding hydrogens is 452 g/mol. The summed E-state index contributed by atoms with van der Waals surface area (Å²) in [7, 11) is 0. The minimum absolute atomic E-state index is 0.00441. The number of nitrogens with one attached hydrogen (secondary N) is 1. The molecule has 7 nitrogen and oxygen atoms in total. The fourth-order valence-corrected chi connectivity index (χ4v) is 3.72. The highest BCUT2D eigenvalue weighted by Gasteiger charge is 2.22. The third kappa shape index (κ3) is 5.00. The standard InChI is InChI=1S/C26H23ClN4O3/c1-17-11-13-19(14-12-17)16-30-25(33)23(24(32)28-18(2)20-7-4-3-5-8-20)29-31(26(30)34)22-10-6-9-21(27)15-22/h3-15,18H,16H2,1-2H3,(H,28,32)/t18-/m1/s1. The first-order chi connectivity index (χ1) is 16.3.